The van der Waals surface area contributed by atoms with Crippen LogP contribution in [0, 0.1) is 0 Å². The molecule has 0 aliphatic heterocycles. The lowest BCUT2D eigenvalue weighted by Gasteiger charge is -2.11. The highest BCUT2D eigenvalue weighted by Crippen LogP contribution is 2.35. The normalized spacial score (nSPS) is 12.3. The summed E-state index contributed by atoms with van der Waals surface area (Å²) in [4.78, 5) is 12.7. The van der Waals surface area contributed by atoms with Gasteiger partial charge < -0.3 is 5.32 Å². The molecule has 1 N–H and O–H groups in total. The smallest absolute Gasteiger partial charge is 0.228 e. The molecule has 28 heavy (non-hydrogen) atoms. The summed E-state index contributed by atoms with van der Waals surface area (Å²) in [6.07, 6.45) is 2.56. The third kappa shape index (κ3) is 3.07. The molecule has 0 bridgehead atoms. The Morgan fingerprint density at radius 2 is 1.43 bits per heavy atom. The molecule has 0 atom stereocenters. The van der Waals surface area contributed by atoms with Crippen LogP contribution < -0.4 is 5.32 Å². The maximum absolute atomic E-state index is 12.7. The summed E-state index contributed by atoms with van der Waals surface area (Å²) in [5.74, 6) is 0.0196. The average molecular weight is 363 g/mol. The summed E-state index contributed by atoms with van der Waals surface area (Å²) in [5, 5.41) is 5.60. The first-order valence-electron chi connectivity index (χ1n) is 9.76. The van der Waals surface area contributed by atoms with Gasteiger partial charge >= 0.3 is 0 Å². The molecule has 1 aliphatic carbocycles. The number of hydrogen-bond donors (Lipinski definition) is 1. The second kappa shape index (κ2) is 6.97. The number of aryl methyl sites for hydroxylation is 2. The van der Waals surface area contributed by atoms with Crippen LogP contribution in [0.5, 0.6) is 0 Å². The van der Waals surface area contributed by atoms with Crippen LogP contribution in [-0.4, -0.2) is 5.91 Å². The SMILES string of the molecule is O=C(Cc1ccc(-c2ccccc2)cc1)Nc1ccc2c3c(cccc13)CC2. The second-order valence-electron chi connectivity index (χ2n) is 7.40. The maximum Gasteiger partial charge on any atom is 0.228 e. The minimum Gasteiger partial charge on any atom is -0.325 e. The Kier molecular flexibility index (Phi) is 4.17. The molecule has 0 spiro atoms. The van der Waals surface area contributed by atoms with Gasteiger partial charge in [-0.3, -0.25) is 4.79 Å². The van der Waals surface area contributed by atoms with E-state index in [1.165, 1.54) is 22.1 Å². The lowest BCUT2D eigenvalue weighted by Crippen LogP contribution is -2.14. The van der Waals surface area contributed by atoms with E-state index in [-0.39, 0.29) is 5.91 Å². The average Bonchev–Trinajstić information content (AvgIpc) is 3.16. The molecule has 4 aromatic carbocycles. The fraction of sp³-hybridized carbons (Fsp3) is 0.115. The molecule has 2 nitrogen and oxygen atoms in total. The summed E-state index contributed by atoms with van der Waals surface area (Å²) < 4.78 is 0. The number of carbonyl (C=O) groups is 1. The zero-order valence-corrected chi connectivity index (χ0v) is 15.6. The van der Waals surface area contributed by atoms with Gasteiger partial charge in [-0.1, -0.05) is 78.9 Å². The van der Waals surface area contributed by atoms with Crippen molar-refractivity contribution < 1.29 is 4.79 Å². The van der Waals surface area contributed by atoms with Crippen LogP contribution >= 0.6 is 0 Å². The molecule has 1 amide bonds. The van der Waals surface area contributed by atoms with E-state index in [1.54, 1.807) is 0 Å². The van der Waals surface area contributed by atoms with E-state index in [1.807, 2.05) is 36.4 Å². The van der Waals surface area contributed by atoms with Crippen molar-refractivity contribution in [2.24, 2.45) is 0 Å². The Morgan fingerprint density at radius 1 is 0.714 bits per heavy atom. The number of hydrogen-bond acceptors (Lipinski definition) is 1. The zero-order chi connectivity index (χ0) is 18.9. The molecule has 5 rings (SSSR count). The van der Waals surface area contributed by atoms with Crippen molar-refractivity contribution in [3.8, 4) is 11.1 Å². The Hall–Kier alpha value is -3.39. The Labute approximate surface area is 164 Å². The zero-order valence-electron chi connectivity index (χ0n) is 15.6. The summed E-state index contributed by atoms with van der Waals surface area (Å²) >= 11 is 0. The van der Waals surface area contributed by atoms with Gasteiger partial charge in [-0.05, 0) is 52.1 Å². The molecule has 4 aromatic rings. The monoisotopic (exact) mass is 363 g/mol. The van der Waals surface area contributed by atoms with E-state index < -0.39 is 0 Å². The Morgan fingerprint density at radius 3 is 2.21 bits per heavy atom. The molecule has 0 aromatic heterocycles. The molecule has 0 saturated carbocycles. The van der Waals surface area contributed by atoms with Crippen molar-refractivity contribution >= 4 is 22.4 Å². The number of amides is 1. The third-order valence-corrected chi connectivity index (χ3v) is 5.58. The van der Waals surface area contributed by atoms with Gasteiger partial charge in [0.1, 0.15) is 0 Å². The van der Waals surface area contributed by atoms with Gasteiger partial charge in [0.15, 0.2) is 0 Å². The fourth-order valence-corrected chi connectivity index (χ4v) is 4.18. The highest BCUT2D eigenvalue weighted by Gasteiger charge is 2.16. The summed E-state index contributed by atoms with van der Waals surface area (Å²) in [5.41, 5.74) is 7.06. The van der Waals surface area contributed by atoms with Crippen molar-refractivity contribution in [1.29, 1.82) is 0 Å². The van der Waals surface area contributed by atoms with E-state index >= 15 is 0 Å². The first kappa shape index (κ1) is 16.8. The van der Waals surface area contributed by atoms with Crippen LogP contribution in [0.4, 0.5) is 5.69 Å². The van der Waals surface area contributed by atoms with Gasteiger partial charge in [0, 0.05) is 11.1 Å². The van der Waals surface area contributed by atoms with Crippen LogP contribution in [0.25, 0.3) is 21.9 Å². The summed E-state index contributed by atoms with van der Waals surface area (Å²) in [7, 11) is 0. The van der Waals surface area contributed by atoms with Crippen molar-refractivity contribution in [3.05, 3.63) is 102 Å². The van der Waals surface area contributed by atoms with Crippen molar-refractivity contribution in [3.63, 3.8) is 0 Å². The van der Waals surface area contributed by atoms with E-state index in [2.05, 4.69) is 53.8 Å². The van der Waals surface area contributed by atoms with Crippen molar-refractivity contribution in [2.75, 3.05) is 5.32 Å². The second-order valence-corrected chi connectivity index (χ2v) is 7.40. The van der Waals surface area contributed by atoms with Crippen molar-refractivity contribution in [1.82, 2.24) is 0 Å². The lowest BCUT2D eigenvalue weighted by atomic mass is 10.0. The third-order valence-electron chi connectivity index (χ3n) is 5.58. The van der Waals surface area contributed by atoms with Gasteiger partial charge in [-0.2, -0.15) is 0 Å². The maximum atomic E-state index is 12.7. The van der Waals surface area contributed by atoms with Crippen LogP contribution in [-0.2, 0) is 24.1 Å². The Balaban J connectivity index is 1.34. The van der Waals surface area contributed by atoms with E-state index in [4.69, 9.17) is 0 Å². The number of rotatable bonds is 4. The number of nitrogens with one attached hydrogen (secondary N) is 1. The minimum absolute atomic E-state index is 0.0196. The highest BCUT2D eigenvalue weighted by molar-refractivity contribution is 6.05. The van der Waals surface area contributed by atoms with Gasteiger partial charge in [0.25, 0.3) is 0 Å². The molecular formula is C26H21NO. The predicted molar refractivity (Wildman–Crippen MR) is 116 cm³/mol. The number of anilines is 1. The molecule has 0 radical (unpaired) electrons. The van der Waals surface area contributed by atoms with Gasteiger partial charge in [0.2, 0.25) is 5.91 Å². The first-order valence-corrected chi connectivity index (χ1v) is 9.76. The molecule has 1 aliphatic rings. The first-order chi connectivity index (χ1) is 13.8. The Bertz CT molecular complexity index is 1150. The molecule has 0 fully saturated rings. The molecule has 136 valence electrons. The molecule has 0 unspecified atom stereocenters. The van der Waals surface area contributed by atoms with E-state index in [0.717, 1.165) is 35.0 Å². The predicted octanol–water partition coefficient (Wildman–Crippen LogP) is 5.79. The van der Waals surface area contributed by atoms with E-state index in [9.17, 15) is 4.79 Å². The molecular weight excluding hydrogens is 342 g/mol. The van der Waals surface area contributed by atoms with E-state index in [0.29, 0.717) is 6.42 Å². The molecule has 0 heterocycles. The largest absolute Gasteiger partial charge is 0.325 e. The topological polar surface area (TPSA) is 29.1 Å². The number of benzene rings is 4. The van der Waals surface area contributed by atoms with Crippen LogP contribution in [0.3, 0.4) is 0 Å². The van der Waals surface area contributed by atoms with Crippen LogP contribution in [0.2, 0.25) is 0 Å². The summed E-state index contributed by atoms with van der Waals surface area (Å²) in [6, 6.07) is 29.1. The van der Waals surface area contributed by atoms with Crippen LogP contribution in [0.1, 0.15) is 16.7 Å². The molecule has 2 heteroatoms. The van der Waals surface area contributed by atoms with Gasteiger partial charge in [-0.15, -0.1) is 0 Å². The summed E-state index contributed by atoms with van der Waals surface area (Å²) in [6.45, 7) is 0. The quantitative estimate of drug-likeness (QED) is 0.489. The van der Waals surface area contributed by atoms with Crippen molar-refractivity contribution in [2.45, 2.75) is 19.3 Å². The van der Waals surface area contributed by atoms with Crippen LogP contribution in [0.15, 0.2) is 84.9 Å². The lowest BCUT2D eigenvalue weighted by molar-refractivity contribution is -0.115. The highest BCUT2D eigenvalue weighted by atomic mass is 16.1. The number of carbonyl (C=O) groups excluding carboxylic acids is 1. The fourth-order valence-electron chi connectivity index (χ4n) is 4.18. The minimum atomic E-state index is 0.0196. The van der Waals surface area contributed by atoms with Gasteiger partial charge in [0.05, 0.1) is 6.42 Å². The van der Waals surface area contributed by atoms with Gasteiger partial charge in [-0.25, -0.2) is 0 Å². The standard InChI is InChI=1S/C26H21NO/c28-25(17-18-9-11-20(12-10-18)19-5-2-1-3-6-19)27-24-16-15-22-14-13-21-7-4-8-23(24)26(21)22/h1-12,15-16H,13-14,17H2,(H,27,28). The molecule has 0 saturated heterocycles.